The van der Waals surface area contributed by atoms with Crippen molar-refractivity contribution in [3.63, 3.8) is 0 Å². The van der Waals surface area contributed by atoms with Crippen molar-refractivity contribution in [3.8, 4) is 0 Å². The zero-order chi connectivity index (χ0) is 15.0. The van der Waals surface area contributed by atoms with E-state index < -0.39 is 8.07 Å². The summed E-state index contributed by atoms with van der Waals surface area (Å²) in [5.74, 6) is 0. The SMILES string of the molecule is CCCC/C=C(/C=C/[Se]c1ccc(Cl)cc1)[Si](C)(C)C. The zero-order valence-corrected chi connectivity index (χ0v) is 16.4. The number of hydrogen-bond donors (Lipinski definition) is 0. The van der Waals surface area contributed by atoms with E-state index in [1.54, 1.807) is 5.20 Å². The molecule has 0 saturated heterocycles. The van der Waals surface area contributed by atoms with Gasteiger partial charge in [-0.15, -0.1) is 0 Å². The molecular formula is C17H25ClSeSi. The molecule has 1 aromatic rings. The van der Waals surface area contributed by atoms with Crippen molar-refractivity contribution in [3.05, 3.63) is 51.6 Å². The van der Waals surface area contributed by atoms with Crippen LogP contribution in [0.2, 0.25) is 24.7 Å². The molecule has 0 heterocycles. The van der Waals surface area contributed by atoms with E-state index in [1.807, 2.05) is 12.1 Å². The van der Waals surface area contributed by atoms with Crippen LogP contribution in [0.15, 0.2) is 46.6 Å². The summed E-state index contributed by atoms with van der Waals surface area (Å²) >= 11 is 6.31. The van der Waals surface area contributed by atoms with Crippen molar-refractivity contribution in [2.24, 2.45) is 0 Å². The Labute approximate surface area is 136 Å². The topological polar surface area (TPSA) is 0 Å². The number of unbranched alkanes of at least 4 members (excludes halogenated alkanes) is 2. The van der Waals surface area contributed by atoms with Crippen molar-refractivity contribution >= 4 is 39.1 Å². The second-order valence-corrected chi connectivity index (χ2v) is 13.5. The summed E-state index contributed by atoms with van der Waals surface area (Å²) in [7, 11) is -1.22. The molecule has 0 bridgehead atoms. The predicted molar refractivity (Wildman–Crippen MR) is 96.9 cm³/mol. The van der Waals surface area contributed by atoms with Gasteiger partial charge in [-0.3, -0.25) is 0 Å². The third-order valence-electron chi connectivity index (χ3n) is 3.05. The van der Waals surface area contributed by atoms with E-state index in [0.717, 1.165) is 5.02 Å². The predicted octanol–water partition coefficient (Wildman–Crippen LogP) is 5.18. The summed E-state index contributed by atoms with van der Waals surface area (Å²) in [4.78, 5) is 2.35. The van der Waals surface area contributed by atoms with Crippen LogP contribution in [0.4, 0.5) is 0 Å². The normalized spacial score (nSPS) is 13.2. The summed E-state index contributed by atoms with van der Waals surface area (Å²) < 4.78 is 1.38. The van der Waals surface area contributed by atoms with Crippen LogP contribution in [-0.4, -0.2) is 23.0 Å². The van der Waals surface area contributed by atoms with E-state index in [1.165, 1.54) is 23.7 Å². The Morgan fingerprint density at radius 2 is 1.85 bits per heavy atom. The second-order valence-electron chi connectivity index (χ2n) is 5.93. The van der Waals surface area contributed by atoms with Gasteiger partial charge in [0.25, 0.3) is 0 Å². The minimum atomic E-state index is -1.22. The van der Waals surface area contributed by atoms with Gasteiger partial charge < -0.3 is 0 Å². The van der Waals surface area contributed by atoms with Crippen LogP contribution >= 0.6 is 11.6 Å². The third-order valence-corrected chi connectivity index (χ3v) is 7.12. The number of rotatable bonds is 7. The first kappa shape index (κ1) is 17.8. The zero-order valence-electron chi connectivity index (χ0n) is 12.9. The molecule has 1 rings (SSSR count). The Morgan fingerprint density at radius 3 is 2.40 bits per heavy atom. The van der Waals surface area contributed by atoms with Crippen LogP contribution in [0.1, 0.15) is 26.2 Å². The summed E-state index contributed by atoms with van der Waals surface area (Å²) in [6.45, 7) is 9.51. The Kier molecular flexibility index (Phi) is 7.90. The molecule has 0 saturated carbocycles. The molecule has 0 spiro atoms. The fourth-order valence-corrected chi connectivity index (χ4v) is 4.92. The maximum absolute atomic E-state index is 5.91. The van der Waals surface area contributed by atoms with E-state index in [-0.39, 0.29) is 0 Å². The van der Waals surface area contributed by atoms with E-state index in [4.69, 9.17) is 11.6 Å². The van der Waals surface area contributed by atoms with Crippen LogP contribution in [0, 0.1) is 0 Å². The standard InChI is InChI=1S/C17H25ClSeSi/c1-5-6-7-8-17(20(2,3)4)13-14-19-16-11-9-15(18)10-12-16/h8-14H,5-7H2,1-4H3/b14-13+,17-8-. The number of halogens is 1. The van der Waals surface area contributed by atoms with Gasteiger partial charge in [-0.2, -0.15) is 0 Å². The molecule has 0 unspecified atom stereocenters. The van der Waals surface area contributed by atoms with Gasteiger partial charge in [-0.1, -0.05) is 0 Å². The molecule has 0 N–H and O–H groups in total. The first-order valence-electron chi connectivity index (χ1n) is 7.23. The van der Waals surface area contributed by atoms with Gasteiger partial charge in [0, 0.05) is 0 Å². The molecule has 0 amide bonds. The Bertz CT molecular complexity index is 455. The van der Waals surface area contributed by atoms with Crippen LogP contribution in [0.25, 0.3) is 0 Å². The Balaban J connectivity index is 2.67. The fraction of sp³-hybridized carbons (Fsp3) is 0.412. The Hall–Kier alpha value is -0.274. The molecule has 0 aliphatic heterocycles. The van der Waals surface area contributed by atoms with Crippen molar-refractivity contribution < 1.29 is 0 Å². The van der Waals surface area contributed by atoms with E-state index in [9.17, 15) is 0 Å². The van der Waals surface area contributed by atoms with Gasteiger partial charge in [0.05, 0.1) is 0 Å². The van der Waals surface area contributed by atoms with Gasteiger partial charge in [0.15, 0.2) is 0 Å². The number of benzene rings is 1. The summed E-state index contributed by atoms with van der Waals surface area (Å²) in [5.41, 5.74) is 0. The van der Waals surface area contributed by atoms with E-state index in [0.29, 0.717) is 15.0 Å². The molecule has 110 valence electrons. The average molecular weight is 372 g/mol. The van der Waals surface area contributed by atoms with E-state index in [2.05, 4.69) is 55.8 Å². The van der Waals surface area contributed by atoms with Gasteiger partial charge in [-0.05, 0) is 0 Å². The molecular weight excluding hydrogens is 347 g/mol. The molecule has 0 atom stereocenters. The van der Waals surface area contributed by atoms with Crippen molar-refractivity contribution in [2.75, 3.05) is 0 Å². The van der Waals surface area contributed by atoms with Crippen LogP contribution < -0.4 is 4.46 Å². The fourth-order valence-electron chi connectivity index (χ4n) is 1.78. The van der Waals surface area contributed by atoms with Crippen molar-refractivity contribution in [1.29, 1.82) is 0 Å². The first-order chi connectivity index (χ1) is 9.43. The minimum absolute atomic E-state index is 0.397. The first-order valence-corrected chi connectivity index (χ1v) is 12.9. The summed E-state index contributed by atoms with van der Waals surface area (Å²) in [6, 6.07) is 8.20. The molecule has 0 nitrogen and oxygen atoms in total. The maximum atomic E-state index is 5.91. The molecule has 0 aromatic heterocycles. The van der Waals surface area contributed by atoms with Gasteiger partial charge in [0.1, 0.15) is 0 Å². The molecule has 0 aliphatic rings. The summed E-state index contributed by atoms with van der Waals surface area (Å²) in [5, 5.41) is 2.40. The monoisotopic (exact) mass is 372 g/mol. The average Bonchev–Trinajstić information content (AvgIpc) is 2.38. The summed E-state index contributed by atoms with van der Waals surface area (Å²) in [6.07, 6.45) is 8.62. The molecule has 3 heteroatoms. The van der Waals surface area contributed by atoms with E-state index >= 15 is 0 Å². The second kappa shape index (κ2) is 8.89. The molecule has 20 heavy (non-hydrogen) atoms. The molecule has 1 aromatic carbocycles. The molecule has 0 fully saturated rings. The van der Waals surface area contributed by atoms with Gasteiger partial charge in [0.2, 0.25) is 0 Å². The van der Waals surface area contributed by atoms with Crippen LogP contribution in [-0.2, 0) is 0 Å². The third kappa shape index (κ3) is 6.94. The van der Waals surface area contributed by atoms with Crippen molar-refractivity contribution in [1.82, 2.24) is 0 Å². The molecule has 0 radical (unpaired) electrons. The van der Waals surface area contributed by atoms with Crippen LogP contribution in [0.5, 0.6) is 0 Å². The quantitative estimate of drug-likeness (QED) is 0.352. The Morgan fingerprint density at radius 1 is 1.20 bits per heavy atom. The van der Waals surface area contributed by atoms with Gasteiger partial charge in [-0.25, -0.2) is 0 Å². The van der Waals surface area contributed by atoms with Crippen molar-refractivity contribution in [2.45, 2.75) is 45.8 Å². The number of hydrogen-bond acceptors (Lipinski definition) is 0. The molecule has 0 aliphatic carbocycles. The van der Waals surface area contributed by atoms with Crippen LogP contribution in [0.3, 0.4) is 0 Å². The number of allylic oxidation sites excluding steroid dienone is 3. The van der Waals surface area contributed by atoms with Gasteiger partial charge >= 0.3 is 137 Å².